The highest BCUT2D eigenvalue weighted by Crippen LogP contribution is 2.26. The molecule has 3 N–H and O–H groups in total. The molecule has 8 nitrogen and oxygen atoms in total. The van der Waals surface area contributed by atoms with Gasteiger partial charge in [0.15, 0.2) is 5.16 Å². The molecule has 3 rings (SSSR count). The van der Waals surface area contributed by atoms with Crippen LogP contribution >= 0.6 is 23.4 Å². The number of carbonyl (C=O) groups is 1. The maximum atomic E-state index is 12.0. The summed E-state index contributed by atoms with van der Waals surface area (Å²) in [5.41, 5.74) is 3.57. The van der Waals surface area contributed by atoms with Crippen molar-refractivity contribution in [3.8, 4) is 0 Å². The van der Waals surface area contributed by atoms with Crippen molar-refractivity contribution in [2.75, 3.05) is 24.2 Å². The molecular weight excluding hydrogens is 414 g/mol. The van der Waals surface area contributed by atoms with Gasteiger partial charge in [-0.1, -0.05) is 29.4 Å². The van der Waals surface area contributed by atoms with Gasteiger partial charge in [0.2, 0.25) is 5.91 Å². The summed E-state index contributed by atoms with van der Waals surface area (Å²) < 4.78 is 0. The van der Waals surface area contributed by atoms with E-state index in [1.165, 1.54) is 23.9 Å². The number of thioether (sulfide) groups is 1. The zero-order chi connectivity index (χ0) is 20.8. The summed E-state index contributed by atoms with van der Waals surface area (Å²) in [5.74, 6) is 0.209. The van der Waals surface area contributed by atoms with E-state index in [0.29, 0.717) is 30.2 Å². The molecule has 1 amide bonds. The second-order valence-corrected chi connectivity index (χ2v) is 7.77. The number of fused-ring (bicyclic) bond motifs is 1. The summed E-state index contributed by atoms with van der Waals surface area (Å²) in [6.45, 7) is 3.11. The lowest BCUT2D eigenvalue weighted by atomic mass is 10.2. The Bertz CT molecular complexity index is 1040. The summed E-state index contributed by atoms with van der Waals surface area (Å²) in [6.07, 6.45) is 0.688. The first-order valence-electron chi connectivity index (χ1n) is 8.96. The van der Waals surface area contributed by atoms with E-state index < -0.39 is 4.92 Å². The summed E-state index contributed by atoms with van der Waals surface area (Å²) in [7, 11) is 0. The third kappa shape index (κ3) is 5.85. The number of amides is 1. The number of benzene rings is 2. The number of aryl methyl sites for hydroxylation is 1. The molecule has 1 heterocycles. The van der Waals surface area contributed by atoms with Crippen LogP contribution in [-0.4, -0.2) is 39.6 Å². The molecule has 0 aliphatic carbocycles. The van der Waals surface area contributed by atoms with Crippen LogP contribution in [-0.2, 0) is 4.79 Å². The van der Waals surface area contributed by atoms with E-state index in [2.05, 4.69) is 20.6 Å². The first kappa shape index (κ1) is 20.9. The Balaban J connectivity index is 1.36. The third-order valence-electron chi connectivity index (χ3n) is 4.11. The minimum atomic E-state index is -0.490. The van der Waals surface area contributed by atoms with Gasteiger partial charge in [-0.25, -0.2) is 4.98 Å². The lowest BCUT2D eigenvalue weighted by Crippen LogP contribution is -2.27. The van der Waals surface area contributed by atoms with E-state index in [4.69, 9.17) is 11.6 Å². The van der Waals surface area contributed by atoms with E-state index in [1.54, 1.807) is 6.07 Å². The van der Waals surface area contributed by atoms with Crippen molar-refractivity contribution in [3.05, 3.63) is 57.1 Å². The molecule has 10 heteroatoms. The van der Waals surface area contributed by atoms with E-state index in [0.717, 1.165) is 21.8 Å². The summed E-state index contributed by atoms with van der Waals surface area (Å²) in [5, 5.41) is 17.7. The topological polar surface area (TPSA) is 113 Å². The van der Waals surface area contributed by atoms with Crippen LogP contribution in [0, 0.1) is 17.0 Å². The van der Waals surface area contributed by atoms with Crippen molar-refractivity contribution < 1.29 is 9.72 Å². The highest BCUT2D eigenvalue weighted by molar-refractivity contribution is 7.99. The first-order chi connectivity index (χ1) is 13.9. The quantitative estimate of drug-likeness (QED) is 0.202. The Morgan fingerprint density at radius 2 is 2.10 bits per heavy atom. The molecule has 0 aliphatic rings. The number of carbonyl (C=O) groups excluding carboxylic acids is 1. The molecule has 0 unspecified atom stereocenters. The number of aromatic amines is 1. The highest BCUT2D eigenvalue weighted by atomic mass is 35.5. The van der Waals surface area contributed by atoms with Crippen LogP contribution < -0.4 is 10.6 Å². The number of imidazole rings is 1. The van der Waals surface area contributed by atoms with Gasteiger partial charge in [0.05, 0.1) is 32.4 Å². The lowest BCUT2D eigenvalue weighted by Gasteiger charge is -2.09. The predicted molar refractivity (Wildman–Crippen MR) is 116 cm³/mol. The van der Waals surface area contributed by atoms with Gasteiger partial charge in [0, 0.05) is 25.2 Å². The number of non-ortho nitro benzene ring substituents is 1. The Morgan fingerprint density at radius 3 is 2.86 bits per heavy atom. The highest BCUT2D eigenvalue weighted by Gasteiger charge is 2.09. The number of nitrogens with one attached hydrogen (secondary N) is 3. The SMILES string of the molecule is Cc1ccc2nc(SCC(=O)NCCCNc3ccc([N+](=O)[O-])cc3Cl)[nH]c2c1. The smallest absolute Gasteiger partial charge is 0.271 e. The monoisotopic (exact) mass is 433 g/mol. The zero-order valence-corrected chi connectivity index (χ0v) is 17.3. The van der Waals surface area contributed by atoms with Gasteiger partial charge in [-0.05, 0) is 37.1 Å². The predicted octanol–water partition coefficient (Wildman–Crippen LogP) is 4.14. The van der Waals surface area contributed by atoms with Gasteiger partial charge in [-0.3, -0.25) is 14.9 Å². The molecule has 152 valence electrons. The van der Waals surface area contributed by atoms with Gasteiger partial charge >= 0.3 is 0 Å². The number of hydrogen-bond donors (Lipinski definition) is 3. The number of rotatable bonds is 9. The van der Waals surface area contributed by atoms with Crippen LogP contribution in [0.4, 0.5) is 11.4 Å². The van der Waals surface area contributed by atoms with Crippen molar-refractivity contribution in [2.24, 2.45) is 0 Å². The number of nitro groups is 1. The Hall–Kier alpha value is -2.78. The minimum Gasteiger partial charge on any atom is -0.384 e. The molecular formula is C19H20ClN5O3S. The van der Waals surface area contributed by atoms with Crippen molar-refractivity contribution in [3.63, 3.8) is 0 Å². The van der Waals surface area contributed by atoms with Crippen LogP contribution in [0.5, 0.6) is 0 Å². The third-order valence-corrected chi connectivity index (χ3v) is 5.30. The molecule has 0 saturated heterocycles. The maximum absolute atomic E-state index is 12.0. The van der Waals surface area contributed by atoms with Crippen molar-refractivity contribution in [1.29, 1.82) is 0 Å². The van der Waals surface area contributed by atoms with Crippen molar-refractivity contribution in [2.45, 2.75) is 18.5 Å². The summed E-state index contributed by atoms with van der Waals surface area (Å²) in [4.78, 5) is 29.9. The van der Waals surface area contributed by atoms with E-state index in [9.17, 15) is 14.9 Å². The molecule has 0 saturated carbocycles. The van der Waals surface area contributed by atoms with E-state index in [-0.39, 0.29) is 17.3 Å². The van der Waals surface area contributed by atoms with Gasteiger partial charge in [-0.15, -0.1) is 0 Å². The van der Waals surface area contributed by atoms with E-state index >= 15 is 0 Å². The fourth-order valence-corrected chi connectivity index (χ4v) is 3.61. The number of aromatic nitrogens is 2. The average molecular weight is 434 g/mol. The van der Waals surface area contributed by atoms with Crippen LogP contribution in [0.15, 0.2) is 41.6 Å². The van der Waals surface area contributed by atoms with Crippen LogP contribution in [0.2, 0.25) is 5.02 Å². The Morgan fingerprint density at radius 1 is 1.28 bits per heavy atom. The second kappa shape index (κ2) is 9.62. The van der Waals surface area contributed by atoms with Gasteiger partial charge in [-0.2, -0.15) is 0 Å². The number of hydrogen-bond acceptors (Lipinski definition) is 6. The molecule has 3 aromatic rings. The molecule has 0 radical (unpaired) electrons. The average Bonchev–Trinajstić information content (AvgIpc) is 3.09. The lowest BCUT2D eigenvalue weighted by molar-refractivity contribution is -0.384. The van der Waals surface area contributed by atoms with E-state index in [1.807, 2.05) is 25.1 Å². The Labute approximate surface area is 176 Å². The molecule has 0 bridgehead atoms. The zero-order valence-electron chi connectivity index (χ0n) is 15.7. The standard InChI is InChI=1S/C19H20ClN5O3S/c1-12-3-5-16-17(9-12)24-19(23-16)29-11-18(26)22-8-2-7-21-15-6-4-13(25(27)28)10-14(15)20/h3-6,9-10,21H,2,7-8,11H2,1H3,(H,22,26)(H,23,24). The molecule has 1 aromatic heterocycles. The number of halogens is 1. The maximum Gasteiger partial charge on any atom is 0.271 e. The molecule has 0 atom stereocenters. The molecule has 0 spiro atoms. The van der Waals surface area contributed by atoms with Crippen molar-refractivity contribution in [1.82, 2.24) is 15.3 Å². The fraction of sp³-hybridized carbons (Fsp3) is 0.263. The van der Waals surface area contributed by atoms with Gasteiger partial charge in [0.1, 0.15) is 0 Å². The van der Waals surface area contributed by atoms with Gasteiger partial charge < -0.3 is 15.6 Å². The molecule has 0 fully saturated rings. The van der Waals surface area contributed by atoms with Gasteiger partial charge in [0.25, 0.3) is 5.69 Å². The molecule has 29 heavy (non-hydrogen) atoms. The number of H-pyrrole nitrogens is 1. The van der Waals surface area contributed by atoms with Crippen molar-refractivity contribution >= 4 is 51.7 Å². The van der Waals surface area contributed by atoms with Crippen LogP contribution in [0.1, 0.15) is 12.0 Å². The Kier molecular flexibility index (Phi) is 6.95. The summed E-state index contributed by atoms with van der Waals surface area (Å²) in [6, 6.07) is 10.3. The minimum absolute atomic E-state index is 0.0510. The number of nitro benzene ring substituents is 1. The number of anilines is 1. The second-order valence-electron chi connectivity index (χ2n) is 6.40. The molecule has 2 aromatic carbocycles. The fourth-order valence-electron chi connectivity index (χ4n) is 2.65. The first-order valence-corrected chi connectivity index (χ1v) is 10.3. The molecule has 0 aliphatic heterocycles. The van der Waals surface area contributed by atoms with Crippen LogP contribution in [0.25, 0.3) is 11.0 Å². The summed E-state index contributed by atoms with van der Waals surface area (Å²) >= 11 is 7.39. The number of nitrogens with zero attached hydrogens (tertiary/aromatic N) is 2. The largest absolute Gasteiger partial charge is 0.384 e. The van der Waals surface area contributed by atoms with Crippen LogP contribution in [0.3, 0.4) is 0 Å². The normalized spacial score (nSPS) is 10.8.